The van der Waals surface area contributed by atoms with Gasteiger partial charge in [-0.1, -0.05) is 45.7 Å². The SMILES string of the molecule is Clc1ccc(C(Br)C2CCOc3ccccc32)s1. The summed E-state index contributed by atoms with van der Waals surface area (Å²) in [4.78, 5) is 1.58. The van der Waals surface area contributed by atoms with E-state index in [1.54, 1.807) is 11.3 Å². The fourth-order valence-corrected chi connectivity index (χ4v) is 4.43. The first-order valence-electron chi connectivity index (χ1n) is 5.87. The number of halogens is 2. The summed E-state index contributed by atoms with van der Waals surface area (Å²) in [6, 6.07) is 12.4. The molecule has 0 radical (unpaired) electrons. The number of hydrogen-bond acceptors (Lipinski definition) is 2. The number of benzene rings is 1. The maximum Gasteiger partial charge on any atom is 0.122 e. The predicted molar refractivity (Wildman–Crippen MR) is 80.3 cm³/mol. The smallest absolute Gasteiger partial charge is 0.122 e. The fourth-order valence-electron chi connectivity index (χ4n) is 2.35. The van der Waals surface area contributed by atoms with Gasteiger partial charge in [0.05, 0.1) is 15.8 Å². The number of fused-ring (bicyclic) bond motifs is 1. The molecule has 0 bridgehead atoms. The Bertz CT molecular complexity index is 554. The van der Waals surface area contributed by atoms with Crippen molar-refractivity contribution >= 4 is 38.9 Å². The van der Waals surface area contributed by atoms with Crippen molar-refractivity contribution in [2.75, 3.05) is 6.61 Å². The van der Waals surface area contributed by atoms with Gasteiger partial charge in [0.25, 0.3) is 0 Å². The lowest BCUT2D eigenvalue weighted by Crippen LogP contribution is -2.17. The van der Waals surface area contributed by atoms with E-state index in [2.05, 4.69) is 34.1 Å². The van der Waals surface area contributed by atoms with Gasteiger partial charge in [-0.2, -0.15) is 0 Å². The van der Waals surface area contributed by atoms with Crippen LogP contribution in [0.3, 0.4) is 0 Å². The molecule has 1 aliphatic heterocycles. The van der Waals surface area contributed by atoms with Crippen LogP contribution in [0.2, 0.25) is 4.34 Å². The quantitative estimate of drug-likeness (QED) is 0.663. The molecule has 0 N–H and O–H groups in total. The van der Waals surface area contributed by atoms with Gasteiger partial charge in [0.2, 0.25) is 0 Å². The maximum absolute atomic E-state index is 6.02. The molecule has 1 aromatic carbocycles. The van der Waals surface area contributed by atoms with Crippen LogP contribution in [-0.4, -0.2) is 6.61 Å². The first-order chi connectivity index (χ1) is 8.75. The van der Waals surface area contributed by atoms with Crippen LogP contribution in [0, 0.1) is 0 Å². The van der Waals surface area contributed by atoms with Gasteiger partial charge in [-0.15, -0.1) is 11.3 Å². The molecule has 94 valence electrons. The third-order valence-corrected chi connectivity index (χ3v) is 5.97. The van der Waals surface area contributed by atoms with Crippen LogP contribution >= 0.6 is 38.9 Å². The molecule has 2 heterocycles. The summed E-state index contributed by atoms with van der Waals surface area (Å²) in [6.45, 7) is 0.781. The van der Waals surface area contributed by atoms with Crippen LogP contribution in [0.4, 0.5) is 0 Å². The minimum Gasteiger partial charge on any atom is -0.493 e. The molecule has 4 heteroatoms. The molecule has 0 aliphatic carbocycles. The minimum absolute atomic E-state index is 0.306. The minimum atomic E-state index is 0.306. The average molecular weight is 344 g/mol. The highest BCUT2D eigenvalue weighted by Gasteiger charge is 2.29. The highest BCUT2D eigenvalue weighted by atomic mass is 79.9. The largest absolute Gasteiger partial charge is 0.493 e. The summed E-state index contributed by atoms with van der Waals surface area (Å²) >= 11 is 11.5. The van der Waals surface area contributed by atoms with Gasteiger partial charge in [-0.05, 0) is 30.2 Å². The van der Waals surface area contributed by atoms with E-state index >= 15 is 0 Å². The van der Waals surface area contributed by atoms with Crippen LogP contribution in [0.1, 0.15) is 27.6 Å². The molecule has 1 aromatic heterocycles. The second-order valence-corrected chi connectivity index (χ2v) is 7.06. The summed E-state index contributed by atoms with van der Waals surface area (Å²) < 4.78 is 6.54. The molecule has 18 heavy (non-hydrogen) atoms. The van der Waals surface area contributed by atoms with Crippen LogP contribution in [-0.2, 0) is 0 Å². The van der Waals surface area contributed by atoms with E-state index < -0.39 is 0 Å². The molecule has 2 aromatic rings. The van der Waals surface area contributed by atoms with Gasteiger partial charge in [0, 0.05) is 10.8 Å². The molecular formula is C14H12BrClOS. The summed E-state index contributed by atoms with van der Waals surface area (Å²) in [5.74, 6) is 1.46. The Hall–Kier alpha value is -0.510. The molecule has 0 spiro atoms. The lowest BCUT2D eigenvalue weighted by molar-refractivity contribution is 0.266. The van der Waals surface area contributed by atoms with Crippen LogP contribution in [0.5, 0.6) is 5.75 Å². The Labute approximate surface area is 124 Å². The standard InChI is InChI=1S/C14H12BrClOS/c15-14(12-5-6-13(16)18-12)10-7-8-17-11-4-2-1-3-9(10)11/h1-6,10,14H,7-8H2. The molecule has 0 saturated heterocycles. The van der Waals surface area contributed by atoms with E-state index in [-0.39, 0.29) is 0 Å². The molecule has 2 atom stereocenters. The van der Waals surface area contributed by atoms with Gasteiger partial charge < -0.3 is 4.74 Å². The van der Waals surface area contributed by atoms with Crippen molar-refractivity contribution in [3.8, 4) is 5.75 Å². The predicted octanol–water partition coefficient (Wildman–Crippen LogP) is 5.40. The van der Waals surface area contributed by atoms with Crippen LogP contribution < -0.4 is 4.74 Å². The Balaban J connectivity index is 1.94. The van der Waals surface area contributed by atoms with Gasteiger partial charge in [-0.25, -0.2) is 0 Å². The highest BCUT2D eigenvalue weighted by molar-refractivity contribution is 9.09. The molecule has 2 unspecified atom stereocenters. The van der Waals surface area contributed by atoms with E-state index in [0.717, 1.165) is 23.1 Å². The zero-order valence-corrected chi connectivity index (χ0v) is 12.8. The lowest BCUT2D eigenvalue weighted by atomic mass is 9.90. The Kier molecular flexibility index (Phi) is 3.64. The first kappa shape index (κ1) is 12.5. The van der Waals surface area contributed by atoms with Gasteiger partial charge >= 0.3 is 0 Å². The zero-order chi connectivity index (χ0) is 12.5. The third-order valence-electron chi connectivity index (χ3n) is 3.22. The average Bonchev–Trinajstić information content (AvgIpc) is 2.84. The topological polar surface area (TPSA) is 9.23 Å². The van der Waals surface area contributed by atoms with Crippen molar-refractivity contribution in [3.05, 3.63) is 51.2 Å². The Morgan fingerprint density at radius 3 is 2.89 bits per heavy atom. The number of ether oxygens (including phenoxy) is 1. The molecule has 1 nitrogen and oxygen atoms in total. The number of rotatable bonds is 2. The van der Waals surface area contributed by atoms with E-state index in [9.17, 15) is 0 Å². The lowest BCUT2D eigenvalue weighted by Gasteiger charge is -2.28. The summed E-state index contributed by atoms with van der Waals surface area (Å²) in [5, 5.41) is 0. The Morgan fingerprint density at radius 2 is 2.11 bits per heavy atom. The molecule has 3 rings (SSSR count). The van der Waals surface area contributed by atoms with E-state index in [0.29, 0.717) is 10.7 Å². The van der Waals surface area contributed by atoms with Crippen molar-refractivity contribution in [2.45, 2.75) is 17.2 Å². The highest BCUT2D eigenvalue weighted by Crippen LogP contribution is 2.47. The van der Waals surface area contributed by atoms with E-state index in [4.69, 9.17) is 16.3 Å². The number of alkyl halides is 1. The van der Waals surface area contributed by atoms with Gasteiger partial charge in [0.1, 0.15) is 5.75 Å². The molecule has 0 saturated carbocycles. The summed E-state index contributed by atoms with van der Waals surface area (Å²) in [7, 11) is 0. The number of hydrogen-bond donors (Lipinski definition) is 0. The summed E-state index contributed by atoms with van der Waals surface area (Å²) in [6.07, 6.45) is 1.03. The fraction of sp³-hybridized carbons (Fsp3) is 0.286. The van der Waals surface area contributed by atoms with Gasteiger partial charge in [-0.3, -0.25) is 0 Å². The Morgan fingerprint density at radius 1 is 1.28 bits per heavy atom. The zero-order valence-electron chi connectivity index (χ0n) is 9.61. The molecule has 0 amide bonds. The normalized spacial score (nSPS) is 20.0. The number of thiophene rings is 1. The van der Waals surface area contributed by atoms with Crippen molar-refractivity contribution in [2.24, 2.45) is 0 Å². The van der Waals surface area contributed by atoms with Crippen molar-refractivity contribution in [3.63, 3.8) is 0 Å². The van der Waals surface area contributed by atoms with Crippen molar-refractivity contribution in [1.29, 1.82) is 0 Å². The summed E-state index contributed by atoms with van der Waals surface area (Å²) in [5.41, 5.74) is 1.29. The van der Waals surface area contributed by atoms with Crippen molar-refractivity contribution in [1.82, 2.24) is 0 Å². The van der Waals surface area contributed by atoms with Crippen LogP contribution in [0.25, 0.3) is 0 Å². The third kappa shape index (κ3) is 2.31. The monoisotopic (exact) mass is 342 g/mol. The second kappa shape index (κ2) is 5.24. The van der Waals surface area contributed by atoms with E-state index in [1.165, 1.54) is 10.4 Å². The molecule has 1 aliphatic rings. The van der Waals surface area contributed by atoms with E-state index in [1.807, 2.05) is 18.2 Å². The number of para-hydroxylation sites is 1. The maximum atomic E-state index is 6.02. The molecular weight excluding hydrogens is 332 g/mol. The van der Waals surface area contributed by atoms with Gasteiger partial charge in [0.15, 0.2) is 0 Å². The van der Waals surface area contributed by atoms with Crippen molar-refractivity contribution < 1.29 is 4.74 Å². The first-order valence-corrected chi connectivity index (χ1v) is 7.98. The molecule has 0 fully saturated rings. The second-order valence-electron chi connectivity index (χ2n) is 4.33. The van der Waals surface area contributed by atoms with Crippen LogP contribution in [0.15, 0.2) is 36.4 Å².